The maximum atomic E-state index is 12.1. The third kappa shape index (κ3) is 5.08. The minimum absolute atomic E-state index is 0. The van der Waals surface area contributed by atoms with E-state index in [2.05, 4.69) is 5.32 Å². The molecule has 0 unspecified atom stereocenters. The number of carbonyl (C=O) groups is 1. The summed E-state index contributed by atoms with van der Waals surface area (Å²) in [6.07, 6.45) is 6.59. The SMILES string of the molecule is Cl.NCC1(NC(=O)CCCS(=O)(=O)N2CCCC2)CCCC1. The van der Waals surface area contributed by atoms with Crippen LogP contribution in [0.1, 0.15) is 51.4 Å². The molecule has 130 valence electrons. The number of carbonyl (C=O) groups excluding carboxylic acids is 1. The van der Waals surface area contributed by atoms with Crippen molar-refractivity contribution < 1.29 is 13.2 Å². The van der Waals surface area contributed by atoms with Crippen molar-refractivity contribution in [2.24, 2.45) is 5.73 Å². The number of rotatable bonds is 7. The van der Waals surface area contributed by atoms with Crippen LogP contribution in [0.25, 0.3) is 0 Å². The highest BCUT2D eigenvalue weighted by Gasteiger charge is 2.33. The molecule has 0 radical (unpaired) electrons. The quantitative estimate of drug-likeness (QED) is 0.714. The zero-order valence-electron chi connectivity index (χ0n) is 13.1. The molecule has 6 nitrogen and oxygen atoms in total. The molecular weight excluding hydrogens is 326 g/mol. The lowest BCUT2D eigenvalue weighted by Crippen LogP contribution is -2.51. The molecule has 2 fully saturated rings. The molecule has 1 amide bonds. The van der Waals surface area contributed by atoms with Gasteiger partial charge in [-0.25, -0.2) is 12.7 Å². The van der Waals surface area contributed by atoms with Crippen molar-refractivity contribution in [2.75, 3.05) is 25.4 Å². The molecule has 2 rings (SSSR count). The van der Waals surface area contributed by atoms with E-state index in [1.54, 1.807) is 4.31 Å². The Kier molecular flexibility index (Phi) is 7.58. The number of sulfonamides is 1. The highest BCUT2D eigenvalue weighted by Crippen LogP contribution is 2.28. The molecule has 1 aliphatic carbocycles. The zero-order valence-corrected chi connectivity index (χ0v) is 14.7. The number of hydrogen-bond donors (Lipinski definition) is 2. The van der Waals surface area contributed by atoms with E-state index in [0.29, 0.717) is 26.1 Å². The van der Waals surface area contributed by atoms with Gasteiger partial charge >= 0.3 is 0 Å². The molecule has 1 saturated heterocycles. The average molecular weight is 354 g/mol. The Morgan fingerprint density at radius 1 is 1.14 bits per heavy atom. The predicted molar refractivity (Wildman–Crippen MR) is 89.5 cm³/mol. The lowest BCUT2D eigenvalue weighted by molar-refractivity contribution is -0.122. The molecule has 8 heteroatoms. The van der Waals surface area contributed by atoms with Gasteiger partial charge in [0, 0.05) is 26.1 Å². The topological polar surface area (TPSA) is 92.5 Å². The fraction of sp³-hybridized carbons (Fsp3) is 0.929. The second kappa shape index (κ2) is 8.47. The number of halogens is 1. The van der Waals surface area contributed by atoms with E-state index in [0.717, 1.165) is 38.5 Å². The molecule has 0 atom stereocenters. The predicted octanol–water partition coefficient (Wildman–Crippen LogP) is 1.00. The summed E-state index contributed by atoms with van der Waals surface area (Å²) in [5.74, 6) is -0.00488. The van der Waals surface area contributed by atoms with Crippen LogP contribution in [0.4, 0.5) is 0 Å². The van der Waals surface area contributed by atoms with Crippen LogP contribution in [0.15, 0.2) is 0 Å². The van der Waals surface area contributed by atoms with Crippen molar-refractivity contribution in [1.29, 1.82) is 0 Å². The van der Waals surface area contributed by atoms with Gasteiger partial charge in [-0.1, -0.05) is 12.8 Å². The summed E-state index contributed by atoms with van der Waals surface area (Å²) in [5, 5.41) is 3.03. The lowest BCUT2D eigenvalue weighted by atomic mass is 9.97. The lowest BCUT2D eigenvalue weighted by Gasteiger charge is -2.28. The molecule has 0 aromatic heterocycles. The summed E-state index contributed by atoms with van der Waals surface area (Å²) in [6.45, 7) is 1.72. The normalized spacial score (nSPS) is 21.5. The second-order valence-electron chi connectivity index (χ2n) is 6.27. The summed E-state index contributed by atoms with van der Waals surface area (Å²) >= 11 is 0. The number of amides is 1. The van der Waals surface area contributed by atoms with Crippen LogP contribution in [0.3, 0.4) is 0 Å². The van der Waals surface area contributed by atoms with E-state index in [4.69, 9.17) is 5.73 Å². The third-order valence-corrected chi connectivity index (χ3v) is 6.58. The maximum absolute atomic E-state index is 12.1. The fourth-order valence-electron chi connectivity index (χ4n) is 3.30. The summed E-state index contributed by atoms with van der Waals surface area (Å²) in [6, 6.07) is 0. The van der Waals surface area contributed by atoms with Gasteiger partial charge in [-0.2, -0.15) is 0 Å². The van der Waals surface area contributed by atoms with Crippen molar-refractivity contribution in [1.82, 2.24) is 9.62 Å². The molecule has 0 bridgehead atoms. The molecule has 1 aliphatic heterocycles. The molecule has 0 spiro atoms. The van der Waals surface area contributed by atoms with E-state index >= 15 is 0 Å². The minimum Gasteiger partial charge on any atom is -0.349 e. The fourth-order valence-corrected chi connectivity index (χ4v) is 4.88. The van der Waals surface area contributed by atoms with Crippen LogP contribution in [0.2, 0.25) is 0 Å². The summed E-state index contributed by atoms with van der Waals surface area (Å²) < 4.78 is 25.6. The van der Waals surface area contributed by atoms with Crippen molar-refractivity contribution in [3.05, 3.63) is 0 Å². The van der Waals surface area contributed by atoms with Gasteiger partial charge in [-0.15, -0.1) is 12.4 Å². The summed E-state index contributed by atoms with van der Waals surface area (Å²) in [7, 11) is -3.18. The van der Waals surface area contributed by atoms with Crippen molar-refractivity contribution in [3.63, 3.8) is 0 Å². The first-order valence-electron chi connectivity index (χ1n) is 7.96. The van der Waals surface area contributed by atoms with Gasteiger partial charge in [0.05, 0.1) is 11.3 Å². The second-order valence-corrected chi connectivity index (χ2v) is 8.35. The standard InChI is InChI=1S/C14H27N3O3S.ClH/c15-12-14(7-1-2-8-14)16-13(18)6-5-11-21(19,20)17-9-3-4-10-17;/h1-12,15H2,(H,16,18);1H. The average Bonchev–Trinajstić information content (AvgIpc) is 3.10. The first-order valence-corrected chi connectivity index (χ1v) is 9.57. The smallest absolute Gasteiger partial charge is 0.220 e. The van der Waals surface area contributed by atoms with E-state index in [-0.39, 0.29) is 36.0 Å². The molecule has 22 heavy (non-hydrogen) atoms. The Labute approximate surface area is 139 Å². The number of nitrogens with one attached hydrogen (secondary N) is 1. The first kappa shape index (κ1) is 19.7. The number of nitrogens with two attached hydrogens (primary N) is 1. The maximum Gasteiger partial charge on any atom is 0.220 e. The highest BCUT2D eigenvalue weighted by molar-refractivity contribution is 7.89. The monoisotopic (exact) mass is 353 g/mol. The van der Waals surface area contributed by atoms with Gasteiger partial charge in [0.1, 0.15) is 0 Å². The van der Waals surface area contributed by atoms with Crippen molar-refractivity contribution >= 4 is 28.3 Å². The third-order valence-electron chi connectivity index (χ3n) is 4.62. The molecule has 0 aromatic carbocycles. The Morgan fingerprint density at radius 2 is 1.73 bits per heavy atom. The van der Waals surface area contributed by atoms with Crippen molar-refractivity contribution in [2.45, 2.75) is 56.9 Å². The summed E-state index contributed by atoms with van der Waals surface area (Å²) in [4.78, 5) is 12.0. The van der Waals surface area contributed by atoms with Crippen LogP contribution in [-0.4, -0.2) is 49.6 Å². The first-order chi connectivity index (χ1) is 9.97. The van der Waals surface area contributed by atoms with Gasteiger partial charge in [-0.3, -0.25) is 4.79 Å². The Hall–Kier alpha value is -0.370. The molecule has 2 aliphatic rings. The zero-order chi connectivity index (χ0) is 15.3. The van der Waals surface area contributed by atoms with Crippen LogP contribution in [0, 0.1) is 0 Å². The highest BCUT2D eigenvalue weighted by atomic mass is 35.5. The van der Waals surface area contributed by atoms with Gasteiger partial charge < -0.3 is 11.1 Å². The van der Waals surface area contributed by atoms with Crippen LogP contribution >= 0.6 is 12.4 Å². The van der Waals surface area contributed by atoms with E-state index in [1.807, 2.05) is 0 Å². The van der Waals surface area contributed by atoms with Gasteiger partial charge in [-0.05, 0) is 32.1 Å². The molecule has 1 saturated carbocycles. The van der Waals surface area contributed by atoms with E-state index < -0.39 is 10.0 Å². The molecule has 3 N–H and O–H groups in total. The largest absolute Gasteiger partial charge is 0.349 e. The van der Waals surface area contributed by atoms with E-state index in [9.17, 15) is 13.2 Å². The van der Waals surface area contributed by atoms with Crippen LogP contribution in [-0.2, 0) is 14.8 Å². The molecule has 0 aromatic rings. The van der Waals surface area contributed by atoms with E-state index in [1.165, 1.54) is 0 Å². The Balaban J connectivity index is 0.00000242. The minimum atomic E-state index is -3.18. The molecular formula is C14H28ClN3O3S. The van der Waals surface area contributed by atoms with Gasteiger partial charge in [0.2, 0.25) is 15.9 Å². The number of hydrogen-bond acceptors (Lipinski definition) is 4. The van der Waals surface area contributed by atoms with Crippen LogP contribution < -0.4 is 11.1 Å². The Morgan fingerprint density at radius 3 is 2.27 bits per heavy atom. The van der Waals surface area contributed by atoms with Gasteiger partial charge in [0.15, 0.2) is 0 Å². The van der Waals surface area contributed by atoms with Crippen molar-refractivity contribution in [3.8, 4) is 0 Å². The summed E-state index contributed by atoms with van der Waals surface area (Å²) in [5.41, 5.74) is 5.54. The van der Waals surface area contributed by atoms with Crippen LogP contribution in [0.5, 0.6) is 0 Å². The Bertz CT molecular complexity index is 458. The van der Waals surface area contributed by atoms with Gasteiger partial charge in [0.25, 0.3) is 0 Å². The number of nitrogens with zero attached hydrogens (tertiary/aromatic N) is 1. The molecule has 1 heterocycles.